The molecule has 1 amide bonds. The first-order chi connectivity index (χ1) is 22.3. The van der Waals surface area contributed by atoms with Gasteiger partial charge in [-0.1, -0.05) is 50.2 Å². The maximum atomic E-state index is 13.8. The lowest BCUT2D eigenvalue weighted by Crippen LogP contribution is -2.35. The Morgan fingerprint density at radius 1 is 0.913 bits per heavy atom. The zero-order valence-corrected chi connectivity index (χ0v) is 27.5. The van der Waals surface area contributed by atoms with Crippen LogP contribution in [-0.2, 0) is 31.9 Å². The van der Waals surface area contributed by atoms with Crippen LogP contribution in [0.3, 0.4) is 0 Å². The molecule has 0 aromatic heterocycles. The van der Waals surface area contributed by atoms with Gasteiger partial charge >= 0.3 is 5.97 Å². The minimum Gasteiger partial charge on any atom is -0.491 e. The highest BCUT2D eigenvalue weighted by molar-refractivity contribution is 5.94. The average molecular weight is 631 g/mol. The normalized spacial score (nSPS) is 19.0. The van der Waals surface area contributed by atoms with Crippen molar-refractivity contribution in [1.29, 1.82) is 0 Å². The number of nitrogens with zero attached hydrogens (tertiary/aromatic N) is 1. The number of amides is 1. The maximum Gasteiger partial charge on any atom is 0.311 e. The molecule has 2 aliphatic heterocycles. The predicted molar refractivity (Wildman–Crippen MR) is 177 cm³/mol. The number of nitrogens with one attached hydrogen (secondary N) is 1. The highest BCUT2D eigenvalue weighted by atomic mass is 16.7. The van der Waals surface area contributed by atoms with E-state index < -0.39 is 12.0 Å². The Balaban J connectivity index is 1.46. The summed E-state index contributed by atoms with van der Waals surface area (Å²) in [5, 5.41) is 3.22. The molecule has 246 valence electrons. The number of benzene rings is 3. The molecule has 9 heteroatoms. The van der Waals surface area contributed by atoms with Gasteiger partial charge in [-0.2, -0.15) is 0 Å². The van der Waals surface area contributed by atoms with Crippen molar-refractivity contribution in [3.63, 3.8) is 0 Å². The Morgan fingerprint density at radius 3 is 2.28 bits per heavy atom. The van der Waals surface area contributed by atoms with Crippen LogP contribution in [0.15, 0.2) is 60.7 Å². The molecule has 0 aliphatic carbocycles. The summed E-state index contributed by atoms with van der Waals surface area (Å²) in [6.07, 6.45) is 1.76. The quantitative estimate of drug-likeness (QED) is 0.164. The number of anilines is 1. The molecule has 2 heterocycles. The Hall–Kier alpha value is -4.08. The monoisotopic (exact) mass is 630 g/mol. The number of rotatable bonds is 14. The fraction of sp³-hybridized carbons (Fsp3) is 0.459. The van der Waals surface area contributed by atoms with Crippen LogP contribution >= 0.6 is 0 Å². The molecule has 0 bridgehead atoms. The smallest absolute Gasteiger partial charge is 0.311 e. The van der Waals surface area contributed by atoms with E-state index in [1.165, 1.54) is 0 Å². The second-order valence-corrected chi connectivity index (χ2v) is 11.9. The molecule has 3 atom stereocenters. The zero-order chi connectivity index (χ0) is 32.6. The number of carbonyl (C=O) groups is 2. The number of ether oxygens (including phenoxy) is 5. The number of para-hydroxylation sites is 1. The van der Waals surface area contributed by atoms with Crippen LogP contribution in [-0.4, -0.2) is 62.6 Å². The molecular formula is C37H46N2O7. The van der Waals surface area contributed by atoms with Gasteiger partial charge in [0.1, 0.15) is 12.4 Å². The van der Waals surface area contributed by atoms with Gasteiger partial charge in [-0.15, -0.1) is 0 Å². The minimum atomic E-state index is -0.562. The predicted octanol–water partition coefficient (Wildman–Crippen LogP) is 6.30. The van der Waals surface area contributed by atoms with Crippen LogP contribution in [0.4, 0.5) is 5.69 Å². The highest BCUT2D eigenvalue weighted by Crippen LogP contribution is 2.48. The maximum absolute atomic E-state index is 13.8. The van der Waals surface area contributed by atoms with Gasteiger partial charge in [0.15, 0.2) is 11.5 Å². The lowest BCUT2D eigenvalue weighted by molar-refractivity contribution is -0.149. The summed E-state index contributed by atoms with van der Waals surface area (Å²) in [5.74, 6) is 0.810. The minimum absolute atomic E-state index is 0.105. The molecule has 0 saturated carbocycles. The molecule has 3 aromatic carbocycles. The van der Waals surface area contributed by atoms with Crippen molar-refractivity contribution in [2.75, 3.05) is 45.0 Å². The molecule has 2 aliphatic rings. The number of fused-ring (bicyclic) bond motifs is 1. The third-order valence-electron chi connectivity index (χ3n) is 8.62. The summed E-state index contributed by atoms with van der Waals surface area (Å²) >= 11 is 0. The Labute approximate surface area is 272 Å². The van der Waals surface area contributed by atoms with E-state index in [-0.39, 0.29) is 43.8 Å². The molecule has 0 radical (unpaired) electrons. The zero-order valence-electron chi connectivity index (χ0n) is 27.5. The van der Waals surface area contributed by atoms with E-state index in [4.69, 9.17) is 23.7 Å². The first-order valence-corrected chi connectivity index (χ1v) is 16.4. The fourth-order valence-electron chi connectivity index (χ4n) is 6.47. The summed E-state index contributed by atoms with van der Waals surface area (Å²) in [5.41, 5.74) is 4.92. The second kappa shape index (κ2) is 15.5. The molecule has 1 saturated heterocycles. The van der Waals surface area contributed by atoms with Crippen LogP contribution in [0.25, 0.3) is 0 Å². The highest BCUT2D eigenvalue weighted by Gasteiger charge is 2.48. The molecule has 0 spiro atoms. The van der Waals surface area contributed by atoms with Crippen molar-refractivity contribution in [2.45, 2.75) is 65.5 Å². The average Bonchev–Trinajstić information content (AvgIpc) is 3.68. The number of carbonyl (C=O) groups excluding carboxylic acids is 2. The summed E-state index contributed by atoms with van der Waals surface area (Å²) in [6.45, 7) is 11.9. The molecule has 3 aromatic rings. The fourth-order valence-corrected chi connectivity index (χ4v) is 6.47. The molecule has 1 N–H and O–H groups in total. The van der Waals surface area contributed by atoms with Crippen LogP contribution in [0, 0.1) is 5.92 Å². The Kier molecular flexibility index (Phi) is 11.2. The third-order valence-corrected chi connectivity index (χ3v) is 8.62. The van der Waals surface area contributed by atoms with E-state index in [1.807, 2.05) is 69.3 Å². The van der Waals surface area contributed by atoms with Crippen LogP contribution in [0.1, 0.15) is 68.8 Å². The largest absolute Gasteiger partial charge is 0.491 e. The first-order valence-electron chi connectivity index (χ1n) is 16.4. The van der Waals surface area contributed by atoms with E-state index in [2.05, 4.69) is 36.2 Å². The summed E-state index contributed by atoms with van der Waals surface area (Å²) in [7, 11) is 0. The second-order valence-electron chi connectivity index (χ2n) is 11.9. The third kappa shape index (κ3) is 7.65. The van der Waals surface area contributed by atoms with Crippen molar-refractivity contribution in [3.8, 4) is 17.2 Å². The molecule has 46 heavy (non-hydrogen) atoms. The standard InChI is InChI=1S/C37H46N2O7/c1-6-25-10-9-11-26(7-2)35(25)38-33(40)22-39-21-30(28-14-17-31-32(20-28)46-23-45-31)34(37(41)42-8-3)36(39)27-12-15-29(16-13-27)44-19-18-43-24(4)5/h9-17,20,24,30,34,36H,6-8,18-19,21-23H2,1-5H3,(H,38,40)/t30-,34-,36+/m1/s1. The number of likely N-dealkylation sites (tertiary alicyclic amines) is 1. The number of aryl methyl sites for hydroxylation is 2. The van der Waals surface area contributed by atoms with Gasteiger partial charge in [0.25, 0.3) is 0 Å². The molecule has 9 nitrogen and oxygen atoms in total. The van der Waals surface area contributed by atoms with E-state index in [9.17, 15) is 9.59 Å². The summed E-state index contributed by atoms with van der Waals surface area (Å²) in [4.78, 5) is 29.7. The summed E-state index contributed by atoms with van der Waals surface area (Å²) in [6, 6.07) is 19.3. The van der Waals surface area contributed by atoms with E-state index >= 15 is 0 Å². The van der Waals surface area contributed by atoms with Gasteiger partial charge in [-0.3, -0.25) is 14.5 Å². The number of hydrogen-bond donors (Lipinski definition) is 1. The van der Waals surface area contributed by atoms with Gasteiger partial charge in [0.05, 0.1) is 31.8 Å². The summed E-state index contributed by atoms with van der Waals surface area (Å²) < 4.78 is 28.4. The number of hydrogen-bond acceptors (Lipinski definition) is 8. The molecule has 5 rings (SSSR count). The van der Waals surface area contributed by atoms with Crippen molar-refractivity contribution in [2.24, 2.45) is 5.92 Å². The number of esters is 1. The topological polar surface area (TPSA) is 95.6 Å². The van der Waals surface area contributed by atoms with Crippen molar-refractivity contribution in [3.05, 3.63) is 82.9 Å². The Bertz CT molecular complexity index is 1470. The Morgan fingerprint density at radius 2 is 1.61 bits per heavy atom. The van der Waals surface area contributed by atoms with Crippen LogP contribution < -0.4 is 19.5 Å². The van der Waals surface area contributed by atoms with E-state index in [0.29, 0.717) is 37.0 Å². The SMILES string of the molecule is CCOC(=O)[C@@H]1[C@@H](c2ccc3c(c2)OCO3)CN(CC(=O)Nc2c(CC)cccc2CC)[C@H]1c1ccc(OCCOC(C)C)cc1. The van der Waals surface area contributed by atoms with Gasteiger partial charge in [-0.25, -0.2) is 0 Å². The van der Waals surface area contributed by atoms with Gasteiger partial charge < -0.3 is 29.0 Å². The molecule has 0 unspecified atom stereocenters. The molecular weight excluding hydrogens is 584 g/mol. The lowest BCUT2D eigenvalue weighted by Gasteiger charge is -2.28. The van der Waals surface area contributed by atoms with Gasteiger partial charge in [-0.05, 0) is 80.1 Å². The van der Waals surface area contributed by atoms with E-state index in [1.54, 1.807) is 0 Å². The lowest BCUT2D eigenvalue weighted by atomic mass is 9.82. The van der Waals surface area contributed by atoms with Crippen LogP contribution in [0.5, 0.6) is 17.2 Å². The van der Waals surface area contributed by atoms with Gasteiger partial charge in [0, 0.05) is 24.2 Å². The van der Waals surface area contributed by atoms with Crippen molar-refractivity contribution in [1.82, 2.24) is 4.90 Å². The van der Waals surface area contributed by atoms with Gasteiger partial charge in [0.2, 0.25) is 12.7 Å². The molecule has 1 fully saturated rings. The van der Waals surface area contributed by atoms with Crippen LogP contribution in [0.2, 0.25) is 0 Å². The van der Waals surface area contributed by atoms with Crippen molar-refractivity contribution >= 4 is 17.6 Å². The van der Waals surface area contributed by atoms with Crippen molar-refractivity contribution < 1.29 is 33.3 Å². The van der Waals surface area contributed by atoms with E-state index in [0.717, 1.165) is 40.8 Å². The first kappa shape index (κ1) is 33.3.